The van der Waals surface area contributed by atoms with E-state index >= 15 is 0 Å². The van der Waals surface area contributed by atoms with Crippen molar-refractivity contribution >= 4 is 55.1 Å². The van der Waals surface area contributed by atoms with Crippen LogP contribution in [0.1, 0.15) is 0 Å². The Morgan fingerprint density at radius 3 is 1.25 bits per heavy atom. The molecule has 0 fully saturated rings. The van der Waals surface area contributed by atoms with Gasteiger partial charge in [-0.2, -0.15) is 0 Å². The summed E-state index contributed by atoms with van der Waals surface area (Å²) in [5.74, 6) is 1.12. The third kappa shape index (κ3) is 22.5. The van der Waals surface area contributed by atoms with Gasteiger partial charge in [0.2, 0.25) is 0 Å². The monoisotopic (exact) mass is 336 g/mol. The standard InChI is InChI=1S/C4H6Br2.C4H6Cl2/c2*5-3-1-2-4-6/h2*1-2H,3-4H2/b2*2-1-. The molecule has 0 atom stereocenters. The second-order valence-electron chi connectivity index (χ2n) is 1.56. The van der Waals surface area contributed by atoms with Gasteiger partial charge in [0.1, 0.15) is 0 Å². The van der Waals surface area contributed by atoms with Crippen LogP contribution in [0.3, 0.4) is 0 Å². The van der Waals surface area contributed by atoms with E-state index in [0.29, 0.717) is 11.8 Å². The van der Waals surface area contributed by atoms with Gasteiger partial charge in [0.05, 0.1) is 0 Å². The molecule has 0 heterocycles. The van der Waals surface area contributed by atoms with Gasteiger partial charge in [0, 0.05) is 22.4 Å². The molecule has 0 aromatic heterocycles. The van der Waals surface area contributed by atoms with E-state index in [9.17, 15) is 0 Å². The fourth-order valence-electron chi connectivity index (χ4n) is 0.252. The molecule has 0 saturated carbocycles. The highest BCUT2D eigenvalue weighted by atomic mass is 79.9. The van der Waals surface area contributed by atoms with Crippen molar-refractivity contribution in [1.82, 2.24) is 0 Å². The molecule has 0 rings (SSSR count). The number of halogens is 4. The highest BCUT2D eigenvalue weighted by molar-refractivity contribution is 9.09. The molecule has 0 nitrogen and oxygen atoms in total. The minimum atomic E-state index is 0.562. The van der Waals surface area contributed by atoms with Crippen LogP contribution in [0.4, 0.5) is 0 Å². The maximum atomic E-state index is 5.23. The molecular formula is C8H12Br2Cl2. The Kier molecular flexibility index (Phi) is 23.2. The molecule has 72 valence electrons. The molecule has 0 spiro atoms. The van der Waals surface area contributed by atoms with Crippen molar-refractivity contribution in [1.29, 1.82) is 0 Å². The van der Waals surface area contributed by atoms with Gasteiger partial charge >= 0.3 is 0 Å². The Bertz CT molecular complexity index is 87.6. The molecular weight excluding hydrogens is 327 g/mol. The number of alkyl halides is 4. The summed E-state index contributed by atoms with van der Waals surface area (Å²) < 4.78 is 0. The van der Waals surface area contributed by atoms with Gasteiger partial charge < -0.3 is 0 Å². The fraction of sp³-hybridized carbons (Fsp3) is 0.500. The van der Waals surface area contributed by atoms with Crippen molar-refractivity contribution in [2.45, 2.75) is 0 Å². The molecule has 0 amide bonds. The molecule has 0 aliphatic heterocycles. The predicted octanol–water partition coefficient (Wildman–Crippen LogP) is 4.35. The zero-order chi connectivity index (χ0) is 9.66. The summed E-state index contributed by atoms with van der Waals surface area (Å²) >= 11 is 17.0. The van der Waals surface area contributed by atoms with Crippen molar-refractivity contribution in [3.63, 3.8) is 0 Å². The Balaban J connectivity index is 0. The number of allylic oxidation sites excluding steroid dienone is 4. The van der Waals surface area contributed by atoms with E-state index in [1.54, 1.807) is 0 Å². The maximum Gasteiger partial charge on any atom is 0.0404 e. The lowest BCUT2D eigenvalue weighted by molar-refractivity contribution is 1.65. The van der Waals surface area contributed by atoms with Crippen LogP contribution < -0.4 is 0 Å². The Hall–Kier alpha value is 1.02. The van der Waals surface area contributed by atoms with Gasteiger partial charge in [0.15, 0.2) is 0 Å². The van der Waals surface area contributed by atoms with E-state index in [2.05, 4.69) is 44.0 Å². The van der Waals surface area contributed by atoms with Gasteiger partial charge in [-0.15, -0.1) is 23.2 Å². The fourth-order valence-corrected chi connectivity index (χ4v) is 1.03. The SMILES string of the molecule is BrC/C=C\CBr.ClC/C=C\CCl. The Morgan fingerprint density at radius 2 is 1.08 bits per heavy atom. The quantitative estimate of drug-likeness (QED) is 0.528. The first kappa shape index (κ1) is 15.5. The van der Waals surface area contributed by atoms with Crippen LogP contribution in [0, 0.1) is 0 Å². The zero-order valence-electron chi connectivity index (χ0n) is 6.65. The normalized spacial score (nSPS) is 10.3. The van der Waals surface area contributed by atoms with Crippen LogP contribution in [0.25, 0.3) is 0 Å². The van der Waals surface area contributed by atoms with Gasteiger partial charge in [-0.25, -0.2) is 0 Å². The van der Waals surface area contributed by atoms with Crippen molar-refractivity contribution in [2.24, 2.45) is 0 Å². The maximum absolute atomic E-state index is 5.23. The first-order valence-corrected chi connectivity index (χ1v) is 6.68. The molecule has 0 aromatic carbocycles. The Labute approximate surface area is 101 Å². The van der Waals surface area contributed by atoms with E-state index < -0.39 is 0 Å². The van der Waals surface area contributed by atoms with Crippen molar-refractivity contribution in [2.75, 3.05) is 22.4 Å². The Morgan fingerprint density at radius 1 is 0.750 bits per heavy atom. The molecule has 0 N–H and O–H groups in total. The lowest BCUT2D eigenvalue weighted by Gasteiger charge is -1.70. The smallest absolute Gasteiger partial charge is 0.0404 e. The summed E-state index contributed by atoms with van der Waals surface area (Å²) in [5.41, 5.74) is 0. The molecule has 12 heavy (non-hydrogen) atoms. The molecule has 0 aliphatic rings. The third-order valence-electron chi connectivity index (χ3n) is 0.690. The molecule has 0 aliphatic carbocycles. The molecule has 0 aromatic rings. The first-order chi connectivity index (χ1) is 5.83. The largest absolute Gasteiger partial charge is 0.122 e. The zero-order valence-corrected chi connectivity index (χ0v) is 11.3. The van der Waals surface area contributed by atoms with Gasteiger partial charge in [-0.1, -0.05) is 56.2 Å². The molecule has 0 bridgehead atoms. The minimum Gasteiger partial charge on any atom is -0.122 e. The van der Waals surface area contributed by atoms with Crippen LogP contribution in [-0.2, 0) is 0 Å². The van der Waals surface area contributed by atoms with Crippen molar-refractivity contribution in [3.8, 4) is 0 Å². The van der Waals surface area contributed by atoms with Crippen molar-refractivity contribution in [3.05, 3.63) is 24.3 Å². The average Bonchev–Trinajstić information content (AvgIpc) is 2.12. The topological polar surface area (TPSA) is 0 Å². The van der Waals surface area contributed by atoms with Crippen LogP contribution in [-0.4, -0.2) is 22.4 Å². The van der Waals surface area contributed by atoms with Crippen LogP contribution in [0.2, 0.25) is 0 Å². The second kappa shape index (κ2) is 17.9. The van der Waals surface area contributed by atoms with Crippen LogP contribution >= 0.6 is 55.1 Å². The van der Waals surface area contributed by atoms with Gasteiger partial charge in [-0.3, -0.25) is 0 Å². The lowest BCUT2D eigenvalue weighted by atomic mass is 10.6. The highest BCUT2D eigenvalue weighted by Crippen LogP contribution is 1.84. The van der Waals surface area contributed by atoms with Crippen LogP contribution in [0.15, 0.2) is 24.3 Å². The molecule has 0 radical (unpaired) electrons. The van der Waals surface area contributed by atoms with Crippen LogP contribution in [0.5, 0.6) is 0 Å². The number of rotatable bonds is 4. The lowest BCUT2D eigenvalue weighted by Crippen LogP contribution is -1.60. The summed E-state index contributed by atoms with van der Waals surface area (Å²) in [6, 6.07) is 0. The highest BCUT2D eigenvalue weighted by Gasteiger charge is 1.63. The summed E-state index contributed by atoms with van der Waals surface area (Å²) in [7, 11) is 0. The molecule has 0 unspecified atom stereocenters. The summed E-state index contributed by atoms with van der Waals surface area (Å²) in [6.07, 6.45) is 7.73. The first-order valence-electron chi connectivity index (χ1n) is 3.37. The summed E-state index contributed by atoms with van der Waals surface area (Å²) in [5, 5.41) is 1.91. The number of hydrogen-bond donors (Lipinski definition) is 0. The van der Waals surface area contributed by atoms with E-state index in [1.807, 2.05) is 12.2 Å². The molecule has 4 heteroatoms. The van der Waals surface area contributed by atoms with E-state index in [4.69, 9.17) is 23.2 Å². The molecule has 0 saturated heterocycles. The van der Waals surface area contributed by atoms with E-state index in [1.165, 1.54) is 0 Å². The van der Waals surface area contributed by atoms with Gasteiger partial charge in [0.25, 0.3) is 0 Å². The van der Waals surface area contributed by atoms with Gasteiger partial charge in [-0.05, 0) is 0 Å². The third-order valence-corrected chi connectivity index (χ3v) is 1.79. The van der Waals surface area contributed by atoms with E-state index in [-0.39, 0.29) is 0 Å². The summed E-state index contributed by atoms with van der Waals surface area (Å²) in [4.78, 5) is 0. The van der Waals surface area contributed by atoms with E-state index in [0.717, 1.165) is 10.7 Å². The van der Waals surface area contributed by atoms with Crippen molar-refractivity contribution < 1.29 is 0 Å². The minimum absolute atomic E-state index is 0.562. The number of hydrogen-bond acceptors (Lipinski definition) is 0. The second-order valence-corrected chi connectivity index (χ2v) is 3.47. The summed E-state index contributed by atoms with van der Waals surface area (Å²) in [6.45, 7) is 0. The average molecular weight is 339 g/mol. The predicted molar refractivity (Wildman–Crippen MR) is 67.3 cm³/mol.